The smallest absolute Gasteiger partial charge is 0.251 e. The second-order valence-electron chi connectivity index (χ2n) is 5.34. The Morgan fingerprint density at radius 2 is 1.95 bits per heavy atom. The molecule has 0 aliphatic carbocycles. The van der Waals surface area contributed by atoms with Gasteiger partial charge in [0.25, 0.3) is 5.91 Å². The molecular formula is C16H24N2O2. The van der Waals surface area contributed by atoms with Crippen LogP contribution in [0.3, 0.4) is 0 Å². The van der Waals surface area contributed by atoms with Crippen molar-refractivity contribution in [3.8, 4) is 0 Å². The van der Waals surface area contributed by atoms with Crippen LogP contribution < -0.4 is 10.6 Å². The minimum absolute atomic E-state index is 0.00508. The zero-order chi connectivity index (χ0) is 14.4. The van der Waals surface area contributed by atoms with Gasteiger partial charge in [-0.25, -0.2) is 0 Å². The molecule has 2 N–H and O–H groups in total. The Balaban J connectivity index is 1.75. The summed E-state index contributed by atoms with van der Waals surface area (Å²) < 4.78 is 5.77. The van der Waals surface area contributed by atoms with Crippen molar-refractivity contribution in [1.29, 1.82) is 0 Å². The number of nitrogens with one attached hydrogen (secondary N) is 2. The number of piperidine rings is 1. The van der Waals surface area contributed by atoms with Gasteiger partial charge in [-0.2, -0.15) is 0 Å². The SMILES string of the molecule is Cc1cccc(C)c1C(=O)NCCOC1CCNCC1. The Bertz CT molecular complexity index is 434. The molecule has 0 spiro atoms. The predicted molar refractivity (Wildman–Crippen MR) is 80.1 cm³/mol. The van der Waals surface area contributed by atoms with E-state index in [4.69, 9.17) is 4.74 Å². The Kier molecular flexibility index (Phi) is 5.56. The van der Waals surface area contributed by atoms with Crippen LogP contribution in [0.25, 0.3) is 0 Å². The second-order valence-corrected chi connectivity index (χ2v) is 5.34. The molecular weight excluding hydrogens is 252 g/mol. The molecule has 4 heteroatoms. The van der Waals surface area contributed by atoms with Crippen LogP contribution in [0.4, 0.5) is 0 Å². The van der Waals surface area contributed by atoms with Crippen molar-refractivity contribution in [2.45, 2.75) is 32.8 Å². The normalized spacial score (nSPS) is 16.1. The van der Waals surface area contributed by atoms with E-state index in [9.17, 15) is 4.79 Å². The standard InChI is InChI=1S/C16H24N2O2/c1-12-4-3-5-13(2)15(12)16(19)18-10-11-20-14-6-8-17-9-7-14/h3-5,14,17H,6-11H2,1-2H3,(H,18,19). The topological polar surface area (TPSA) is 50.4 Å². The molecule has 0 bridgehead atoms. The summed E-state index contributed by atoms with van der Waals surface area (Å²) in [4.78, 5) is 12.2. The molecule has 0 saturated carbocycles. The summed E-state index contributed by atoms with van der Waals surface area (Å²) in [5, 5.41) is 6.25. The van der Waals surface area contributed by atoms with Crippen molar-refractivity contribution in [1.82, 2.24) is 10.6 Å². The van der Waals surface area contributed by atoms with Crippen LogP contribution in [-0.4, -0.2) is 38.3 Å². The summed E-state index contributed by atoms with van der Waals surface area (Å²) in [6, 6.07) is 5.91. The van der Waals surface area contributed by atoms with Crippen LogP contribution in [-0.2, 0) is 4.74 Å². The molecule has 110 valence electrons. The average Bonchev–Trinajstić information content (AvgIpc) is 2.44. The van der Waals surface area contributed by atoms with E-state index in [1.54, 1.807) is 0 Å². The molecule has 1 amide bonds. The first kappa shape index (κ1) is 15.0. The lowest BCUT2D eigenvalue weighted by molar-refractivity contribution is 0.0343. The molecule has 1 aromatic carbocycles. The number of hydrogen-bond donors (Lipinski definition) is 2. The molecule has 2 rings (SSSR count). The fourth-order valence-electron chi connectivity index (χ4n) is 2.61. The summed E-state index contributed by atoms with van der Waals surface area (Å²) in [7, 11) is 0. The minimum Gasteiger partial charge on any atom is -0.376 e. The van der Waals surface area contributed by atoms with E-state index < -0.39 is 0 Å². The third-order valence-corrected chi connectivity index (χ3v) is 3.74. The molecule has 4 nitrogen and oxygen atoms in total. The Morgan fingerprint density at radius 1 is 1.30 bits per heavy atom. The summed E-state index contributed by atoms with van der Waals surface area (Å²) in [5.74, 6) is -0.00508. The number of ether oxygens (including phenoxy) is 1. The molecule has 1 heterocycles. The molecule has 1 aromatic rings. The number of hydrogen-bond acceptors (Lipinski definition) is 3. The van der Waals surface area contributed by atoms with Crippen LogP contribution in [0.2, 0.25) is 0 Å². The van der Waals surface area contributed by atoms with Gasteiger partial charge in [0.2, 0.25) is 0 Å². The molecule has 1 aliphatic rings. The van der Waals surface area contributed by atoms with E-state index in [0.29, 0.717) is 19.3 Å². The Labute approximate surface area is 120 Å². The molecule has 1 saturated heterocycles. The van der Waals surface area contributed by atoms with Gasteiger partial charge in [0.05, 0.1) is 12.7 Å². The van der Waals surface area contributed by atoms with Crippen LogP contribution in [0.15, 0.2) is 18.2 Å². The maximum Gasteiger partial charge on any atom is 0.251 e. The van der Waals surface area contributed by atoms with Gasteiger partial charge in [-0.3, -0.25) is 4.79 Å². The van der Waals surface area contributed by atoms with Gasteiger partial charge < -0.3 is 15.4 Å². The highest BCUT2D eigenvalue weighted by atomic mass is 16.5. The molecule has 0 unspecified atom stereocenters. The number of carbonyl (C=O) groups excluding carboxylic acids is 1. The predicted octanol–water partition coefficient (Wildman–Crippen LogP) is 1.80. The largest absolute Gasteiger partial charge is 0.376 e. The van der Waals surface area contributed by atoms with Crippen molar-refractivity contribution < 1.29 is 9.53 Å². The molecule has 1 aliphatic heterocycles. The van der Waals surface area contributed by atoms with E-state index in [0.717, 1.165) is 42.6 Å². The lowest BCUT2D eigenvalue weighted by Crippen LogP contribution is -2.35. The van der Waals surface area contributed by atoms with Gasteiger partial charge in [0.1, 0.15) is 0 Å². The van der Waals surface area contributed by atoms with E-state index in [2.05, 4.69) is 10.6 Å². The lowest BCUT2D eigenvalue weighted by atomic mass is 10.0. The lowest BCUT2D eigenvalue weighted by Gasteiger charge is -2.23. The van der Waals surface area contributed by atoms with Gasteiger partial charge in [-0.15, -0.1) is 0 Å². The highest BCUT2D eigenvalue weighted by molar-refractivity contribution is 5.97. The van der Waals surface area contributed by atoms with E-state index in [-0.39, 0.29) is 5.91 Å². The Morgan fingerprint density at radius 3 is 2.60 bits per heavy atom. The number of carbonyl (C=O) groups is 1. The van der Waals surface area contributed by atoms with E-state index in [1.165, 1.54) is 0 Å². The zero-order valence-electron chi connectivity index (χ0n) is 12.4. The summed E-state index contributed by atoms with van der Waals surface area (Å²) in [6.07, 6.45) is 2.46. The first-order chi connectivity index (χ1) is 9.68. The third-order valence-electron chi connectivity index (χ3n) is 3.74. The number of benzene rings is 1. The summed E-state index contributed by atoms with van der Waals surface area (Å²) in [6.45, 7) is 7.14. The van der Waals surface area contributed by atoms with Gasteiger partial charge in [-0.05, 0) is 50.9 Å². The first-order valence-electron chi connectivity index (χ1n) is 7.35. The number of rotatable bonds is 5. The van der Waals surface area contributed by atoms with E-state index in [1.807, 2.05) is 32.0 Å². The van der Waals surface area contributed by atoms with Crippen molar-refractivity contribution >= 4 is 5.91 Å². The van der Waals surface area contributed by atoms with Gasteiger partial charge >= 0.3 is 0 Å². The zero-order valence-corrected chi connectivity index (χ0v) is 12.4. The van der Waals surface area contributed by atoms with Crippen LogP contribution in [0.1, 0.15) is 34.3 Å². The second kappa shape index (κ2) is 7.41. The number of aryl methyl sites for hydroxylation is 2. The van der Waals surface area contributed by atoms with E-state index >= 15 is 0 Å². The van der Waals surface area contributed by atoms with Crippen molar-refractivity contribution in [2.75, 3.05) is 26.2 Å². The quantitative estimate of drug-likeness (QED) is 0.806. The van der Waals surface area contributed by atoms with Gasteiger partial charge in [-0.1, -0.05) is 18.2 Å². The van der Waals surface area contributed by atoms with Crippen LogP contribution in [0.5, 0.6) is 0 Å². The highest BCUT2D eigenvalue weighted by Gasteiger charge is 2.14. The fraction of sp³-hybridized carbons (Fsp3) is 0.562. The fourth-order valence-corrected chi connectivity index (χ4v) is 2.61. The van der Waals surface area contributed by atoms with Crippen molar-refractivity contribution in [3.05, 3.63) is 34.9 Å². The molecule has 20 heavy (non-hydrogen) atoms. The number of amides is 1. The maximum absolute atomic E-state index is 12.2. The van der Waals surface area contributed by atoms with Crippen LogP contribution >= 0.6 is 0 Å². The Hall–Kier alpha value is -1.39. The minimum atomic E-state index is -0.00508. The maximum atomic E-state index is 12.2. The summed E-state index contributed by atoms with van der Waals surface area (Å²) in [5.41, 5.74) is 2.82. The summed E-state index contributed by atoms with van der Waals surface area (Å²) >= 11 is 0. The average molecular weight is 276 g/mol. The van der Waals surface area contributed by atoms with Gasteiger partial charge in [0.15, 0.2) is 0 Å². The van der Waals surface area contributed by atoms with Crippen molar-refractivity contribution in [2.24, 2.45) is 0 Å². The highest BCUT2D eigenvalue weighted by Crippen LogP contribution is 2.12. The molecule has 1 fully saturated rings. The first-order valence-corrected chi connectivity index (χ1v) is 7.35. The van der Waals surface area contributed by atoms with Crippen LogP contribution in [0, 0.1) is 13.8 Å². The molecule has 0 atom stereocenters. The molecule has 0 aromatic heterocycles. The van der Waals surface area contributed by atoms with Crippen molar-refractivity contribution in [3.63, 3.8) is 0 Å². The monoisotopic (exact) mass is 276 g/mol. The third kappa shape index (κ3) is 4.05. The van der Waals surface area contributed by atoms with Gasteiger partial charge in [0, 0.05) is 12.1 Å². The molecule has 0 radical (unpaired) electrons.